The minimum atomic E-state index is -2.90. The van der Waals surface area contributed by atoms with Crippen LogP contribution in [0.25, 0.3) is 0 Å². The lowest BCUT2D eigenvalue weighted by atomic mass is 9.96. The van der Waals surface area contributed by atoms with E-state index in [4.69, 9.17) is 4.74 Å². The van der Waals surface area contributed by atoms with Gasteiger partial charge in [-0.3, -0.25) is 4.99 Å². The van der Waals surface area contributed by atoms with Crippen molar-refractivity contribution in [3.05, 3.63) is 29.8 Å². The van der Waals surface area contributed by atoms with E-state index in [2.05, 4.69) is 15.6 Å². The zero-order valence-electron chi connectivity index (χ0n) is 14.4. The van der Waals surface area contributed by atoms with Gasteiger partial charge in [0.25, 0.3) is 0 Å². The summed E-state index contributed by atoms with van der Waals surface area (Å²) in [5, 5.41) is 6.45. The van der Waals surface area contributed by atoms with Crippen molar-refractivity contribution in [2.24, 2.45) is 4.99 Å². The monoisotopic (exact) mass is 479 g/mol. The summed E-state index contributed by atoms with van der Waals surface area (Å²) in [7, 11) is -1.21. The van der Waals surface area contributed by atoms with E-state index >= 15 is 0 Å². The fourth-order valence-corrected chi connectivity index (χ4v) is 4.58. The lowest BCUT2D eigenvalue weighted by molar-refractivity contribution is 0.119. The Morgan fingerprint density at radius 1 is 1.28 bits per heavy atom. The first-order valence-electron chi connectivity index (χ1n) is 8.48. The van der Waals surface area contributed by atoms with Gasteiger partial charge in [-0.2, -0.15) is 0 Å². The molecule has 140 valence electrons. The van der Waals surface area contributed by atoms with Crippen molar-refractivity contribution in [2.45, 2.75) is 44.4 Å². The fourth-order valence-electron chi connectivity index (χ4n) is 2.91. The highest BCUT2D eigenvalue weighted by Crippen LogP contribution is 2.27. The summed E-state index contributed by atoms with van der Waals surface area (Å²) < 4.78 is 29.1. The molecule has 1 aliphatic heterocycles. The number of ether oxygens (including phenoxy) is 1. The molecule has 0 aromatic heterocycles. The maximum Gasteiger partial charge on any atom is 0.191 e. The van der Waals surface area contributed by atoms with Crippen LogP contribution in [-0.2, 0) is 16.4 Å². The number of guanidine groups is 1. The quantitative estimate of drug-likeness (QED) is 0.384. The smallest absolute Gasteiger partial charge is 0.191 e. The number of hydrogen-bond donors (Lipinski definition) is 2. The van der Waals surface area contributed by atoms with Gasteiger partial charge in [0.1, 0.15) is 5.75 Å². The third-order valence-corrected chi connectivity index (χ3v) is 6.33. The molecular formula is C17H26IN3O3S. The molecule has 0 spiro atoms. The topological polar surface area (TPSA) is 79.8 Å². The third-order valence-electron chi connectivity index (χ3n) is 4.56. The standard InChI is InChI=1S/C17H25N3O3S.HI/c1-18-17(20-14-9-10-24(21,22)12-14)19-11-13-5-2-3-8-16(13)23-15-6-4-7-15;/h2-3,5,8,14-15H,4,6-7,9-12H2,1H3,(H2,18,19,20);1H. The minimum absolute atomic E-state index is 0. The molecule has 1 atom stereocenters. The van der Waals surface area contributed by atoms with Crippen LogP contribution in [0.15, 0.2) is 29.3 Å². The van der Waals surface area contributed by atoms with Crippen LogP contribution in [0, 0.1) is 0 Å². The van der Waals surface area contributed by atoms with Crippen molar-refractivity contribution >= 4 is 39.8 Å². The second-order valence-electron chi connectivity index (χ2n) is 6.45. The van der Waals surface area contributed by atoms with E-state index in [1.807, 2.05) is 24.3 Å². The number of halogens is 1. The van der Waals surface area contributed by atoms with E-state index in [-0.39, 0.29) is 41.5 Å². The van der Waals surface area contributed by atoms with E-state index in [9.17, 15) is 8.42 Å². The van der Waals surface area contributed by atoms with Gasteiger partial charge in [0, 0.05) is 25.2 Å². The van der Waals surface area contributed by atoms with E-state index in [1.165, 1.54) is 6.42 Å². The third kappa shape index (κ3) is 5.73. The molecular weight excluding hydrogens is 453 g/mol. The molecule has 3 rings (SSSR count). The van der Waals surface area contributed by atoms with E-state index in [0.717, 1.165) is 24.2 Å². The predicted molar refractivity (Wildman–Crippen MR) is 111 cm³/mol. The molecule has 2 fully saturated rings. The summed E-state index contributed by atoms with van der Waals surface area (Å²) in [5.41, 5.74) is 1.08. The fraction of sp³-hybridized carbons (Fsp3) is 0.588. The second kappa shape index (κ2) is 9.07. The van der Waals surface area contributed by atoms with Gasteiger partial charge in [-0.05, 0) is 31.7 Å². The molecule has 6 nitrogen and oxygen atoms in total. The van der Waals surface area contributed by atoms with Crippen LogP contribution < -0.4 is 15.4 Å². The summed E-state index contributed by atoms with van der Waals surface area (Å²) in [4.78, 5) is 4.19. The van der Waals surface area contributed by atoms with Crippen LogP contribution in [0.5, 0.6) is 5.75 Å². The minimum Gasteiger partial charge on any atom is -0.490 e. The average Bonchev–Trinajstić information content (AvgIpc) is 2.87. The van der Waals surface area contributed by atoms with Gasteiger partial charge in [-0.25, -0.2) is 8.42 Å². The van der Waals surface area contributed by atoms with Crippen LogP contribution in [0.2, 0.25) is 0 Å². The maximum atomic E-state index is 11.6. The largest absolute Gasteiger partial charge is 0.490 e. The number of sulfone groups is 1. The average molecular weight is 479 g/mol. The highest BCUT2D eigenvalue weighted by atomic mass is 127. The van der Waals surface area contributed by atoms with Gasteiger partial charge < -0.3 is 15.4 Å². The highest BCUT2D eigenvalue weighted by Gasteiger charge is 2.28. The van der Waals surface area contributed by atoms with Crippen LogP contribution in [0.3, 0.4) is 0 Å². The summed E-state index contributed by atoms with van der Waals surface area (Å²) in [6, 6.07) is 7.93. The van der Waals surface area contributed by atoms with Gasteiger partial charge in [-0.1, -0.05) is 18.2 Å². The van der Waals surface area contributed by atoms with E-state index in [1.54, 1.807) is 7.05 Å². The molecule has 8 heteroatoms. The number of nitrogens with zero attached hydrogens (tertiary/aromatic N) is 1. The van der Waals surface area contributed by atoms with Crippen LogP contribution >= 0.6 is 24.0 Å². The molecule has 0 bridgehead atoms. The Bertz CT molecular complexity index is 705. The molecule has 1 heterocycles. The summed E-state index contributed by atoms with van der Waals surface area (Å²) in [6.07, 6.45) is 4.46. The molecule has 0 amide bonds. The molecule has 1 saturated carbocycles. The Labute approximate surface area is 166 Å². The van der Waals surface area contributed by atoms with Crippen molar-refractivity contribution < 1.29 is 13.2 Å². The first-order chi connectivity index (χ1) is 11.6. The molecule has 25 heavy (non-hydrogen) atoms. The summed E-state index contributed by atoms with van der Waals surface area (Å²) >= 11 is 0. The number of para-hydroxylation sites is 1. The number of nitrogens with one attached hydrogen (secondary N) is 2. The Morgan fingerprint density at radius 3 is 2.64 bits per heavy atom. The van der Waals surface area contributed by atoms with Crippen LogP contribution in [0.4, 0.5) is 0 Å². The Kier molecular flexibility index (Phi) is 7.36. The number of rotatable bonds is 5. The second-order valence-corrected chi connectivity index (χ2v) is 8.68. The molecule has 2 aliphatic rings. The summed E-state index contributed by atoms with van der Waals surface area (Å²) in [6.45, 7) is 0.585. The first kappa shape index (κ1) is 20.3. The zero-order valence-corrected chi connectivity index (χ0v) is 17.5. The van der Waals surface area contributed by atoms with Gasteiger partial charge >= 0.3 is 0 Å². The van der Waals surface area contributed by atoms with E-state index < -0.39 is 9.84 Å². The van der Waals surface area contributed by atoms with E-state index in [0.29, 0.717) is 25.0 Å². The van der Waals surface area contributed by atoms with Crippen molar-refractivity contribution in [2.75, 3.05) is 18.6 Å². The van der Waals surface area contributed by atoms with Gasteiger partial charge in [0.05, 0.1) is 17.6 Å². The molecule has 1 aromatic rings. The van der Waals surface area contributed by atoms with Gasteiger partial charge in [0.2, 0.25) is 0 Å². The van der Waals surface area contributed by atoms with Crippen molar-refractivity contribution in [1.82, 2.24) is 10.6 Å². The SMILES string of the molecule is CN=C(NCc1ccccc1OC1CCC1)NC1CCS(=O)(=O)C1.I. The lowest BCUT2D eigenvalue weighted by Gasteiger charge is -2.27. The molecule has 1 unspecified atom stereocenters. The van der Waals surface area contributed by atoms with Gasteiger partial charge in [0.15, 0.2) is 15.8 Å². The highest BCUT2D eigenvalue weighted by molar-refractivity contribution is 14.0. The first-order valence-corrected chi connectivity index (χ1v) is 10.3. The molecule has 1 saturated heterocycles. The predicted octanol–water partition coefficient (Wildman–Crippen LogP) is 2.09. The molecule has 1 aromatic carbocycles. The number of hydrogen-bond acceptors (Lipinski definition) is 4. The molecule has 1 aliphatic carbocycles. The van der Waals surface area contributed by atoms with Crippen molar-refractivity contribution in [3.8, 4) is 5.75 Å². The normalized spacial score (nSPS) is 22.6. The van der Waals surface area contributed by atoms with Crippen LogP contribution in [-0.4, -0.2) is 45.1 Å². The summed E-state index contributed by atoms with van der Waals surface area (Å²) in [5.74, 6) is 1.96. The molecule has 2 N–H and O–H groups in total. The van der Waals surface area contributed by atoms with Crippen molar-refractivity contribution in [1.29, 1.82) is 0 Å². The Balaban J connectivity index is 0.00000225. The Hall–Kier alpha value is -1.03. The number of aliphatic imine (C=N–C) groups is 1. The van der Waals surface area contributed by atoms with Gasteiger partial charge in [-0.15, -0.1) is 24.0 Å². The number of benzene rings is 1. The van der Waals surface area contributed by atoms with Crippen LogP contribution in [0.1, 0.15) is 31.2 Å². The van der Waals surface area contributed by atoms with Crippen molar-refractivity contribution in [3.63, 3.8) is 0 Å². The lowest BCUT2D eigenvalue weighted by Crippen LogP contribution is -2.43. The zero-order chi connectivity index (χ0) is 17.0. The maximum absolute atomic E-state index is 11.6. The Morgan fingerprint density at radius 2 is 2.04 bits per heavy atom. The molecule has 0 radical (unpaired) electrons.